The third-order valence-corrected chi connectivity index (χ3v) is 2.66. The Kier molecular flexibility index (Phi) is 3.35. The topological polar surface area (TPSA) is 46.0 Å². The van der Waals surface area contributed by atoms with Crippen LogP contribution in [-0.2, 0) is 0 Å². The molecular weight excluding hydrogens is 263 g/mol. The molecule has 0 aliphatic heterocycles. The van der Waals surface area contributed by atoms with Crippen molar-refractivity contribution < 1.29 is 4.39 Å². The van der Waals surface area contributed by atoms with E-state index in [1.165, 1.54) is 17.0 Å². The van der Waals surface area contributed by atoms with E-state index in [0.29, 0.717) is 16.2 Å². The van der Waals surface area contributed by atoms with Crippen molar-refractivity contribution in [3.8, 4) is 0 Å². The summed E-state index contributed by atoms with van der Waals surface area (Å²) in [6, 6.07) is 4.70. The predicted octanol–water partition coefficient (Wildman–Crippen LogP) is 2.92. The molecule has 0 radical (unpaired) electrons. The van der Waals surface area contributed by atoms with E-state index >= 15 is 0 Å². The van der Waals surface area contributed by atoms with Crippen molar-refractivity contribution in [3.05, 3.63) is 45.2 Å². The van der Waals surface area contributed by atoms with Gasteiger partial charge in [0.2, 0.25) is 4.77 Å². The molecule has 1 heterocycles. The van der Waals surface area contributed by atoms with Crippen LogP contribution in [0.15, 0.2) is 23.3 Å². The van der Waals surface area contributed by atoms with Crippen LogP contribution in [0.4, 0.5) is 4.39 Å². The molecule has 88 valence electrons. The van der Waals surface area contributed by atoms with Gasteiger partial charge in [-0.3, -0.25) is 5.10 Å². The number of hydrogen-bond acceptors (Lipinski definition) is 3. The van der Waals surface area contributed by atoms with Crippen LogP contribution in [0.3, 0.4) is 0 Å². The maximum Gasteiger partial charge on any atom is 0.216 e. The molecule has 0 saturated carbocycles. The van der Waals surface area contributed by atoms with Crippen molar-refractivity contribution in [2.24, 2.45) is 5.10 Å². The Morgan fingerprint density at radius 2 is 2.35 bits per heavy atom. The monoisotopic (exact) mass is 270 g/mol. The van der Waals surface area contributed by atoms with Gasteiger partial charge in [0.1, 0.15) is 5.82 Å². The summed E-state index contributed by atoms with van der Waals surface area (Å²) in [6.07, 6.45) is 1.35. The number of benzene rings is 1. The van der Waals surface area contributed by atoms with Gasteiger partial charge in [-0.05, 0) is 25.2 Å². The molecule has 2 rings (SSSR count). The fourth-order valence-electron chi connectivity index (χ4n) is 1.25. The van der Waals surface area contributed by atoms with Gasteiger partial charge in [0.25, 0.3) is 0 Å². The van der Waals surface area contributed by atoms with E-state index in [4.69, 9.17) is 23.8 Å². The molecule has 0 aliphatic rings. The van der Waals surface area contributed by atoms with E-state index in [1.807, 2.05) is 0 Å². The first-order valence-electron chi connectivity index (χ1n) is 4.72. The number of rotatable bonds is 2. The SMILES string of the molecule is Cc1n[nH]c(=S)n1/N=C/c1cccc(Cl)c1F. The summed E-state index contributed by atoms with van der Waals surface area (Å²) < 4.78 is 15.3. The second-order valence-electron chi connectivity index (χ2n) is 3.28. The average molecular weight is 271 g/mol. The summed E-state index contributed by atoms with van der Waals surface area (Å²) in [7, 11) is 0. The Bertz CT molecular complexity index is 631. The highest BCUT2D eigenvalue weighted by Gasteiger charge is 2.04. The van der Waals surface area contributed by atoms with Gasteiger partial charge in [0, 0.05) is 5.56 Å². The lowest BCUT2D eigenvalue weighted by atomic mass is 10.2. The number of aryl methyl sites for hydroxylation is 1. The molecule has 1 aromatic heterocycles. The molecule has 1 aromatic carbocycles. The summed E-state index contributed by atoms with van der Waals surface area (Å²) in [6.45, 7) is 1.73. The van der Waals surface area contributed by atoms with Gasteiger partial charge >= 0.3 is 0 Å². The van der Waals surface area contributed by atoms with Crippen LogP contribution in [-0.4, -0.2) is 21.1 Å². The molecule has 0 fully saturated rings. The van der Waals surface area contributed by atoms with Gasteiger partial charge in [-0.25, -0.2) is 4.39 Å². The predicted molar refractivity (Wildman–Crippen MR) is 66.6 cm³/mol. The van der Waals surface area contributed by atoms with Gasteiger partial charge in [0.15, 0.2) is 5.82 Å². The summed E-state index contributed by atoms with van der Waals surface area (Å²) in [5, 5.41) is 10.6. The van der Waals surface area contributed by atoms with Gasteiger partial charge in [0.05, 0.1) is 11.2 Å². The Labute approximate surface area is 107 Å². The molecule has 4 nitrogen and oxygen atoms in total. The number of aromatic amines is 1. The fourth-order valence-corrected chi connectivity index (χ4v) is 1.65. The van der Waals surface area contributed by atoms with E-state index in [1.54, 1.807) is 19.1 Å². The third kappa shape index (κ3) is 2.42. The van der Waals surface area contributed by atoms with Crippen LogP contribution < -0.4 is 0 Å². The quantitative estimate of drug-likeness (QED) is 0.674. The van der Waals surface area contributed by atoms with Crippen LogP contribution in [0.2, 0.25) is 5.02 Å². The highest BCUT2D eigenvalue weighted by molar-refractivity contribution is 7.71. The van der Waals surface area contributed by atoms with Crippen LogP contribution >= 0.6 is 23.8 Å². The highest BCUT2D eigenvalue weighted by atomic mass is 35.5. The van der Waals surface area contributed by atoms with Gasteiger partial charge in [-0.15, -0.1) is 0 Å². The van der Waals surface area contributed by atoms with E-state index in [9.17, 15) is 4.39 Å². The van der Waals surface area contributed by atoms with Crippen LogP contribution in [0, 0.1) is 17.5 Å². The lowest BCUT2D eigenvalue weighted by Gasteiger charge is -1.98. The molecule has 1 N–H and O–H groups in total. The molecule has 0 unspecified atom stereocenters. The Morgan fingerprint density at radius 3 is 3.00 bits per heavy atom. The maximum atomic E-state index is 13.5. The van der Waals surface area contributed by atoms with Gasteiger partial charge in [-0.1, -0.05) is 23.7 Å². The van der Waals surface area contributed by atoms with E-state index in [0.717, 1.165) is 0 Å². The molecule has 17 heavy (non-hydrogen) atoms. The average Bonchev–Trinajstić information content (AvgIpc) is 2.62. The normalized spacial score (nSPS) is 11.2. The second kappa shape index (κ2) is 4.77. The number of aromatic nitrogens is 3. The maximum absolute atomic E-state index is 13.5. The van der Waals surface area contributed by atoms with Gasteiger partial charge in [-0.2, -0.15) is 14.9 Å². The minimum absolute atomic E-state index is 0.0569. The molecule has 0 aliphatic carbocycles. The summed E-state index contributed by atoms with van der Waals surface area (Å²) in [4.78, 5) is 0. The zero-order valence-electron chi connectivity index (χ0n) is 8.82. The van der Waals surface area contributed by atoms with E-state index < -0.39 is 5.82 Å². The van der Waals surface area contributed by atoms with Crippen LogP contribution in [0.25, 0.3) is 0 Å². The summed E-state index contributed by atoms with van der Waals surface area (Å²) >= 11 is 10.6. The number of hydrogen-bond donors (Lipinski definition) is 1. The minimum Gasteiger partial charge on any atom is -0.250 e. The van der Waals surface area contributed by atoms with E-state index in [-0.39, 0.29) is 5.02 Å². The molecular formula is C10H8ClFN4S. The Balaban J connectivity index is 2.39. The largest absolute Gasteiger partial charge is 0.250 e. The first-order chi connectivity index (χ1) is 8.09. The zero-order chi connectivity index (χ0) is 12.4. The van der Waals surface area contributed by atoms with Crippen molar-refractivity contribution in [2.75, 3.05) is 0 Å². The Morgan fingerprint density at radius 1 is 1.59 bits per heavy atom. The number of nitrogens with one attached hydrogen (secondary N) is 1. The van der Waals surface area contributed by atoms with Crippen LogP contribution in [0.5, 0.6) is 0 Å². The lowest BCUT2D eigenvalue weighted by Crippen LogP contribution is -1.95. The third-order valence-electron chi connectivity index (χ3n) is 2.11. The number of H-pyrrole nitrogens is 1. The van der Waals surface area contributed by atoms with Crippen molar-refractivity contribution in [2.45, 2.75) is 6.92 Å². The lowest BCUT2D eigenvalue weighted by molar-refractivity contribution is 0.626. The summed E-state index contributed by atoms with van der Waals surface area (Å²) in [5.74, 6) is 0.0827. The molecule has 0 saturated heterocycles. The highest BCUT2D eigenvalue weighted by Crippen LogP contribution is 2.16. The van der Waals surface area contributed by atoms with Gasteiger partial charge < -0.3 is 0 Å². The molecule has 0 atom stereocenters. The molecule has 0 bridgehead atoms. The number of halogens is 2. The first-order valence-corrected chi connectivity index (χ1v) is 5.50. The fraction of sp³-hybridized carbons (Fsp3) is 0.100. The van der Waals surface area contributed by atoms with Crippen molar-refractivity contribution in [3.63, 3.8) is 0 Å². The van der Waals surface area contributed by atoms with Crippen molar-refractivity contribution >= 4 is 30.0 Å². The number of nitrogens with zero attached hydrogens (tertiary/aromatic N) is 3. The molecule has 0 spiro atoms. The Hall–Kier alpha value is -1.53. The summed E-state index contributed by atoms with van der Waals surface area (Å²) in [5.41, 5.74) is 0.292. The van der Waals surface area contributed by atoms with Crippen LogP contribution in [0.1, 0.15) is 11.4 Å². The molecule has 7 heteroatoms. The van der Waals surface area contributed by atoms with E-state index in [2.05, 4.69) is 15.3 Å². The second-order valence-corrected chi connectivity index (χ2v) is 4.07. The zero-order valence-corrected chi connectivity index (χ0v) is 10.4. The van der Waals surface area contributed by atoms with Crippen molar-refractivity contribution in [1.82, 2.24) is 14.9 Å². The molecule has 0 amide bonds. The standard InChI is InChI=1S/C10H8ClFN4S/c1-6-14-15-10(17)16(6)13-5-7-3-2-4-8(11)9(7)12/h2-5H,1H3,(H,15,17)/b13-5+. The first kappa shape index (κ1) is 11.9. The smallest absolute Gasteiger partial charge is 0.216 e. The van der Waals surface area contributed by atoms with Crippen molar-refractivity contribution in [1.29, 1.82) is 0 Å². The minimum atomic E-state index is -0.509. The molecule has 2 aromatic rings.